The van der Waals surface area contributed by atoms with E-state index in [1.54, 1.807) is 0 Å². The van der Waals surface area contributed by atoms with E-state index in [0.29, 0.717) is 0 Å². The molecule has 0 amide bonds. The number of rotatable bonds is 6. The van der Waals surface area contributed by atoms with Crippen molar-refractivity contribution in [1.82, 2.24) is 0 Å². The summed E-state index contributed by atoms with van der Waals surface area (Å²) in [6.07, 6.45) is 0. The molecule has 1 atom stereocenters. The highest BCUT2D eigenvalue weighted by Gasteiger charge is 2.59. The first kappa shape index (κ1) is 25.0. The molecule has 192 valence electrons. The molecule has 0 saturated carbocycles. The Bertz CT molecular complexity index is 1640. The Balaban J connectivity index is 1.53. The molecule has 3 heteroatoms. The van der Waals surface area contributed by atoms with Gasteiger partial charge < -0.3 is 5.32 Å². The summed E-state index contributed by atoms with van der Waals surface area (Å²) in [5.74, 6) is 0.114. The molecule has 1 nitrogen and oxygen atoms in total. The first-order chi connectivity index (χ1) is 19.9. The molecular weight excluding hydrogens is 520 g/mol. The Hall–Kier alpha value is -4.02. The third-order valence-corrected chi connectivity index (χ3v) is 14.9. The smallest absolute Gasteiger partial charge is 0.178 e. The SMILES string of the molecule is c1ccc(P(c2ccccc2)c2ccccc2C2Nc3ccccc3[P+]2(c2ccccc2)c2ccccc2)cc1. The van der Waals surface area contributed by atoms with Gasteiger partial charge in [0.15, 0.2) is 5.78 Å². The largest absolute Gasteiger partial charge is 0.343 e. The maximum Gasteiger partial charge on any atom is 0.178 e. The number of benzene rings is 6. The van der Waals surface area contributed by atoms with E-state index < -0.39 is 15.2 Å². The molecule has 0 aromatic heterocycles. The molecule has 1 aliphatic rings. The quantitative estimate of drug-likeness (QED) is 0.224. The van der Waals surface area contributed by atoms with E-state index in [9.17, 15) is 0 Å². The lowest BCUT2D eigenvalue weighted by molar-refractivity contribution is 1.13. The number of hydrogen-bond acceptors (Lipinski definition) is 1. The molecule has 0 saturated heterocycles. The molecule has 0 bridgehead atoms. The van der Waals surface area contributed by atoms with E-state index >= 15 is 0 Å². The molecule has 0 radical (unpaired) electrons. The zero-order chi connectivity index (χ0) is 26.8. The Morgan fingerprint density at radius 2 is 0.900 bits per heavy atom. The monoisotopic (exact) mass is 550 g/mol. The summed E-state index contributed by atoms with van der Waals surface area (Å²) < 4.78 is 0. The molecule has 40 heavy (non-hydrogen) atoms. The van der Waals surface area contributed by atoms with E-state index in [-0.39, 0.29) is 5.78 Å². The van der Waals surface area contributed by atoms with Crippen molar-refractivity contribution in [2.45, 2.75) is 5.78 Å². The fourth-order valence-corrected chi connectivity index (χ4v) is 13.6. The topological polar surface area (TPSA) is 12.0 Å². The molecule has 0 fully saturated rings. The minimum atomic E-state index is -2.12. The summed E-state index contributed by atoms with van der Waals surface area (Å²) in [5, 5.41) is 12.5. The molecule has 7 rings (SSSR count). The molecule has 1 aliphatic heterocycles. The maximum atomic E-state index is 4.10. The van der Waals surface area contributed by atoms with Crippen molar-refractivity contribution in [3.8, 4) is 0 Å². The van der Waals surface area contributed by atoms with Crippen molar-refractivity contribution in [1.29, 1.82) is 0 Å². The van der Waals surface area contributed by atoms with Gasteiger partial charge in [-0.15, -0.1) is 0 Å². The van der Waals surface area contributed by atoms with E-state index in [1.165, 1.54) is 43.1 Å². The summed E-state index contributed by atoms with van der Waals surface area (Å²) in [7, 11) is -2.88. The number of para-hydroxylation sites is 1. The van der Waals surface area contributed by atoms with Gasteiger partial charge in [-0.2, -0.15) is 0 Å². The van der Waals surface area contributed by atoms with E-state index in [1.807, 2.05) is 0 Å². The minimum absolute atomic E-state index is 0.114. The highest BCUT2D eigenvalue weighted by Crippen LogP contribution is 2.71. The summed E-state index contributed by atoms with van der Waals surface area (Å²) >= 11 is 0. The second-order valence-corrected chi connectivity index (χ2v) is 15.7. The van der Waals surface area contributed by atoms with Gasteiger partial charge >= 0.3 is 0 Å². The molecule has 1 heterocycles. The van der Waals surface area contributed by atoms with Crippen molar-refractivity contribution in [2.75, 3.05) is 5.32 Å². The molecule has 1 unspecified atom stereocenters. The van der Waals surface area contributed by atoms with Gasteiger partial charge in [0.2, 0.25) is 0 Å². The van der Waals surface area contributed by atoms with Crippen LogP contribution < -0.4 is 37.1 Å². The summed E-state index contributed by atoms with van der Waals surface area (Å²) in [5.41, 5.74) is 2.63. The lowest BCUT2D eigenvalue weighted by Gasteiger charge is -2.32. The van der Waals surface area contributed by atoms with Crippen LogP contribution in [0, 0.1) is 0 Å². The van der Waals surface area contributed by atoms with Gasteiger partial charge in [-0.1, -0.05) is 133 Å². The van der Waals surface area contributed by atoms with Gasteiger partial charge in [-0.05, 0) is 60.2 Å². The minimum Gasteiger partial charge on any atom is -0.343 e. The number of hydrogen-bond donors (Lipinski definition) is 1. The van der Waals surface area contributed by atoms with E-state index in [4.69, 9.17) is 0 Å². The van der Waals surface area contributed by atoms with Crippen molar-refractivity contribution in [3.05, 3.63) is 175 Å². The van der Waals surface area contributed by atoms with Gasteiger partial charge in [0.05, 0.1) is 5.69 Å². The van der Waals surface area contributed by atoms with Gasteiger partial charge in [-0.3, -0.25) is 0 Å². The maximum absolute atomic E-state index is 4.10. The van der Waals surface area contributed by atoms with Crippen LogP contribution in [0.1, 0.15) is 11.3 Å². The van der Waals surface area contributed by atoms with E-state index in [2.05, 4.69) is 175 Å². The fourth-order valence-electron chi connectivity index (χ4n) is 6.13. The zero-order valence-electron chi connectivity index (χ0n) is 22.1. The highest BCUT2D eigenvalue weighted by atomic mass is 31.2. The first-order valence-corrected chi connectivity index (χ1v) is 16.9. The first-order valence-electron chi connectivity index (χ1n) is 13.7. The predicted molar refractivity (Wildman–Crippen MR) is 177 cm³/mol. The fraction of sp³-hybridized carbons (Fsp3) is 0.0270. The van der Waals surface area contributed by atoms with Gasteiger partial charge in [0.1, 0.15) is 23.2 Å². The number of fused-ring (bicyclic) bond motifs is 1. The predicted octanol–water partition coefficient (Wildman–Crippen LogP) is 6.86. The highest BCUT2D eigenvalue weighted by molar-refractivity contribution is 7.96. The van der Waals surface area contributed by atoms with Crippen molar-refractivity contribution in [2.24, 2.45) is 0 Å². The molecule has 6 aromatic carbocycles. The molecule has 0 aliphatic carbocycles. The second-order valence-electron chi connectivity index (χ2n) is 10.0. The Labute approximate surface area is 238 Å². The van der Waals surface area contributed by atoms with Gasteiger partial charge in [0, 0.05) is 5.56 Å². The Kier molecular flexibility index (Phi) is 6.78. The molecular formula is C37H30NP2+. The molecule has 1 N–H and O–H groups in total. The third kappa shape index (κ3) is 4.18. The standard InChI is InChI=1S/C37H30NP2/c1-5-17-29(18-6-1)39(30-19-7-2-8-20-30)35-27-15-13-25-33(35)37-38-34-26-14-16-28-36(34)40(37,31-21-9-3-10-22-31)32-23-11-4-12-24-32/h1-28,37-38H/q+1. The van der Waals surface area contributed by atoms with Crippen molar-refractivity contribution in [3.63, 3.8) is 0 Å². The van der Waals surface area contributed by atoms with Crippen LogP contribution in [0.5, 0.6) is 0 Å². The lowest BCUT2D eigenvalue weighted by atomic mass is 10.2. The Morgan fingerprint density at radius 3 is 1.48 bits per heavy atom. The van der Waals surface area contributed by atoms with Crippen molar-refractivity contribution >= 4 is 52.7 Å². The number of nitrogens with one attached hydrogen (secondary N) is 1. The van der Waals surface area contributed by atoms with Crippen molar-refractivity contribution < 1.29 is 0 Å². The van der Waals surface area contributed by atoms with Crippen LogP contribution in [0.15, 0.2) is 170 Å². The Morgan fingerprint density at radius 1 is 0.450 bits per heavy atom. The average Bonchev–Trinajstić information content (AvgIpc) is 3.39. The average molecular weight is 551 g/mol. The van der Waals surface area contributed by atoms with Crippen LogP contribution in [-0.4, -0.2) is 0 Å². The van der Waals surface area contributed by atoms with Crippen LogP contribution >= 0.6 is 15.2 Å². The van der Waals surface area contributed by atoms with Gasteiger partial charge in [-0.25, -0.2) is 0 Å². The molecule has 6 aromatic rings. The van der Waals surface area contributed by atoms with Crippen LogP contribution in [0.2, 0.25) is 0 Å². The number of anilines is 1. The summed E-state index contributed by atoms with van der Waals surface area (Å²) in [6, 6.07) is 62.7. The van der Waals surface area contributed by atoms with E-state index in [0.717, 1.165) is 0 Å². The van der Waals surface area contributed by atoms with Crippen LogP contribution in [0.4, 0.5) is 5.69 Å². The normalized spacial score (nSPS) is 15.4. The summed E-state index contributed by atoms with van der Waals surface area (Å²) in [4.78, 5) is 0. The van der Waals surface area contributed by atoms with Crippen LogP contribution in [0.3, 0.4) is 0 Å². The van der Waals surface area contributed by atoms with Crippen LogP contribution in [-0.2, 0) is 0 Å². The molecule has 0 spiro atoms. The third-order valence-electron chi connectivity index (χ3n) is 7.79. The lowest BCUT2D eigenvalue weighted by Crippen LogP contribution is -2.34. The zero-order valence-corrected chi connectivity index (χ0v) is 23.9. The van der Waals surface area contributed by atoms with Crippen LogP contribution in [0.25, 0.3) is 0 Å². The second kappa shape index (κ2) is 10.9. The van der Waals surface area contributed by atoms with Gasteiger partial charge in [0.25, 0.3) is 0 Å². The summed E-state index contributed by atoms with van der Waals surface area (Å²) in [6.45, 7) is 0.